The number of hydrogen-bond donors (Lipinski definition) is 2. The molecule has 0 aliphatic carbocycles. The molecule has 0 atom stereocenters. The number of hydrogen-bond acceptors (Lipinski definition) is 8. The van der Waals surface area contributed by atoms with Crippen LogP contribution in [0.15, 0.2) is 62.5 Å². The van der Waals surface area contributed by atoms with E-state index in [2.05, 4.69) is 10.2 Å². The number of nitrogen functional groups attached to an aromatic ring is 1. The standard InChI is InChI=1S/C12H11N3O6S2.2Na.H/c13-11-6-3-9(7-12(11)23(19,20)21)15-14-8-1-4-10(5-2-8)22(16,17)18;;;/h1-7H,13H2,(H,16,17,18)(H,19,20,21);;;/q;2*+1;-1/p-1. The number of azo groups is 1. The zero-order chi connectivity index (χ0) is 17.3. The first-order valence-electron chi connectivity index (χ1n) is 5.92. The average Bonchev–Trinajstić information content (AvgIpc) is 2.44. The Hall–Kier alpha value is -0.340. The molecule has 2 aromatic carbocycles. The minimum atomic E-state index is -4.73. The van der Waals surface area contributed by atoms with Crippen LogP contribution in [0.5, 0.6) is 0 Å². The maximum absolute atomic E-state index is 11.0. The van der Waals surface area contributed by atoms with Gasteiger partial charge in [0.25, 0.3) is 10.1 Å². The molecule has 0 radical (unpaired) electrons. The SMILES string of the molecule is Nc1ccc(N=Nc2ccc(S(=O)(=O)O)cc2)cc1S(=O)(=O)[O-].[H-].[Na+].[Na+]. The van der Waals surface area contributed by atoms with Gasteiger partial charge in [-0.15, -0.1) is 0 Å². The van der Waals surface area contributed by atoms with Crippen LogP contribution >= 0.6 is 0 Å². The second-order valence-corrected chi connectivity index (χ2v) is 7.11. The van der Waals surface area contributed by atoms with Crippen LogP contribution < -0.4 is 64.8 Å². The zero-order valence-electron chi connectivity index (χ0n) is 14.3. The predicted molar refractivity (Wildman–Crippen MR) is 80.4 cm³/mol. The molecule has 0 saturated heterocycles. The predicted octanol–water partition coefficient (Wildman–Crippen LogP) is -4.04. The van der Waals surface area contributed by atoms with Crippen LogP contribution in [0, 0.1) is 0 Å². The third-order valence-corrected chi connectivity index (χ3v) is 4.44. The van der Waals surface area contributed by atoms with Crippen molar-refractivity contribution in [2.75, 3.05) is 5.73 Å². The van der Waals surface area contributed by atoms with E-state index in [0.717, 1.165) is 18.2 Å². The van der Waals surface area contributed by atoms with E-state index in [1.807, 2.05) is 0 Å². The van der Waals surface area contributed by atoms with Crippen LogP contribution in [0.2, 0.25) is 0 Å². The Bertz CT molecular complexity index is 983. The molecule has 0 unspecified atom stereocenters. The van der Waals surface area contributed by atoms with Gasteiger partial charge in [-0.2, -0.15) is 18.6 Å². The summed E-state index contributed by atoms with van der Waals surface area (Å²) in [6.07, 6.45) is 0. The number of nitrogens with zero attached hydrogens (tertiary/aromatic N) is 2. The number of nitrogens with two attached hydrogens (primary N) is 1. The molecule has 0 aliphatic rings. The number of anilines is 1. The summed E-state index contributed by atoms with van der Waals surface area (Å²) in [5.41, 5.74) is 5.54. The summed E-state index contributed by atoms with van der Waals surface area (Å²) < 4.78 is 63.7. The second-order valence-electron chi connectivity index (χ2n) is 4.35. The molecule has 0 aliphatic heterocycles. The van der Waals surface area contributed by atoms with Gasteiger partial charge in [-0.1, -0.05) is 0 Å². The molecule has 9 nitrogen and oxygen atoms in total. The first kappa shape index (κ1) is 24.7. The summed E-state index contributed by atoms with van der Waals surface area (Å²) in [5.74, 6) is 0. The van der Waals surface area contributed by atoms with Gasteiger partial charge in [-0.05, 0) is 42.5 Å². The van der Waals surface area contributed by atoms with E-state index in [0.29, 0.717) is 0 Å². The van der Waals surface area contributed by atoms with Gasteiger partial charge in [0.15, 0.2) is 0 Å². The Morgan fingerprint density at radius 1 is 0.920 bits per heavy atom. The first-order valence-corrected chi connectivity index (χ1v) is 8.77. The Morgan fingerprint density at radius 3 is 1.88 bits per heavy atom. The van der Waals surface area contributed by atoms with Crippen LogP contribution in [0.4, 0.5) is 17.1 Å². The maximum Gasteiger partial charge on any atom is 1.00 e. The molecule has 124 valence electrons. The molecular formula is C12H11N3Na2O6S2. The minimum Gasteiger partial charge on any atom is -1.00 e. The van der Waals surface area contributed by atoms with Crippen LogP contribution in [0.1, 0.15) is 1.43 Å². The fraction of sp³-hybridized carbons (Fsp3) is 0. The van der Waals surface area contributed by atoms with Crippen molar-refractivity contribution in [3.05, 3.63) is 42.5 Å². The number of rotatable bonds is 4. The van der Waals surface area contributed by atoms with E-state index in [9.17, 15) is 21.4 Å². The van der Waals surface area contributed by atoms with Gasteiger partial charge >= 0.3 is 59.1 Å². The summed E-state index contributed by atoms with van der Waals surface area (Å²) in [6, 6.07) is 8.37. The Morgan fingerprint density at radius 2 is 1.40 bits per heavy atom. The first-order chi connectivity index (χ1) is 10.6. The van der Waals surface area contributed by atoms with Crippen LogP contribution in [0.25, 0.3) is 0 Å². The molecule has 2 aromatic rings. The van der Waals surface area contributed by atoms with Gasteiger partial charge in [0.1, 0.15) is 10.1 Å². The topological polar surface area (TPSA) is 162 Å². The fourth-order valence-corrected chi connectivity index (χ4v) is 2.70. The molecule has 3 N–H and O–H groups in total. The second kappa shape index (κ2) is 9.55. The Balaban J connectivity index is 0. The van der Waals surface area contributed by atoms with E-state index >= 15 is 0 Å². The van der Waals surface area contributed by atoms with Gasteiger partial charge in [0.2, 0.25) is 0 Å². The third-order valence-electron chi connectivity index (χ3n) is 2.68. The molecule has 2 rings (SSSR count). The van der Waals surface area contributed by atoms with E-state index < -0.39 is 25.1 Å². The van der Waals surface area contributed by atoms with Crippen molar-refractivity contribution in [2.24, 2.45) is 10.2 Å². The molecule has 0 amide bonds. The molecule has 0 fully saturated rings. The molecule has 0 heterocycles. The maximum atomic E-state index is 11.0. The summed E-state index contributed by atoms with van der Waals surface area (Å²) in [5, 5.41) is 7.50. The Kier molecular flexibility index (Phi) is 9.42. The van der Waals surface area contributed by atoms with E-state index in [-0.39, 0.29) is 82.5 Å². The normalized spacial score (nSPS) is 11.6. The smallest absolute Gasteiger partial charge is 1.00 e. The van der Waals surface area contributed by atoms with Crippen LogP contribution in [0.3, 0.4) is 0 Å². The molecule has 0 aromatic heterocycles. The van der Waals surface area contributed by atoms with Crippen LogP contribution in [-0.2, 0) is 20.2 Å². The number of benzene rings is 2. The van der Waals surface area contributed by atoms with E-state index in [1.54, 1.807) is 0 Å². The van der Waals surface area contributed by atoms with Gasteiger partial charge in [-0.25, -0.2) is 8.42 Å². The molecule has 0 saturated carbocycles. The Labute approximate surface area is 190 Å². The molecule has 13 heteroatoms. The van der Waals surface area contributed by atoms with Crippen molar-refractivity contribution in [1.82, 2.24) is 0 Å². The van der Waals surface area contributed by atoms with Gasteiger partial charge in [0.05, 0.1) is 21.2 Å². The fourth-order valence-electron chi connectivity index (χ4n) is 1.60. The summed E-state index contributed by atoms with van der Waals surface area (Å²) in [7, 11) is -9.03. The van der Waals surface area contributed by atoms with Crippen molar-refractivity contribution < 1.29 is 86.5 Å². The van der Waals surface area contributed by atoms with Crippen molar-refractivity contribution in [3.8, 4) is 0 Å². The minimum absolute atomic E-state index is 0. The molecule has 25 heavy (non-hydrogen) atoms. The zero-order valence-corrected chi connectivity index (χ0v) is 19.0. The van der Waals surface area contributed by atoms with Gasteiger partial charge in [0, 0.05) is 5.69 Å². The average molecular weight is 403 g/mol. The van der Waals surface area contributed by atoms with Crippen molar-refractivity contribution in [2.45, 2.75) is 9.79 Å². The van der Waals surface area contributed by atoms with Crippen molar-refractivity contribution in [1.29, 1.82) is 0 Å². The summed E-state index contributed by atoms with van der Waals surface area (Å²) >= 11 is 0. The molecule has 0 bridgehead atoms. The summed E-state index contributed by atoms with van der Waals surface area (Å²) in [6.45, 7) is 0. The summed E-state index contributed by atoms with van der Waals surface area (Å²) in [4.78, 5) is -0.903. The van der Waals surface area contributed by atoms with Crippen molar-refractivity contribution in [3.63, 3.8) is 0 Å². The quantitative estimate of drug-likeness (QED) is 0.227. The molecule has 0 spiro atoms. The van der Waals surface area contributed by atoms with Crippen LogP contribution in [-0.4, -0.2) is 25.9 Å². The van der Waals surface area contributed by atoms with E-state index in [1.165, 1.54) is 24.3 Å². The molecular weight excluding hydrogens is 392 g/mol. The van der Waals surface area contributed by atoms with Crippen molar-refractivity contribution >= 4 is 37.3 Å². The van der Waals surface area contributed by atoms with Gasteiger partial charge in [-0.3, -0.25) is 4.55 Å². The van der Waals surface area contributed by atoms with E-state index in [4.69, 9.17) is 10.3 Å². The third kappa shape index (κ3) is 7.06. The van der Waals surface area contributed by atoms with Gasteiger partial charge < -0.3 is 11.7 Å². The monoisotopic (exact) mass is 403 g/mol. The largest absolute Gasteiger partial charge is 1.00 e.